The van der Waals surface area contributed by atoms with Crippen molar-refractivity contribution in [1.29, 1.82) is 0 Å². The zero-order valence-electron chi connectivity index (χ0n) is 19.0. The number of benzene rings is 3. The van der Waals surface area contributed by atoms with Gasteiger partial charge in [0.25, 0.3) is 11.8 Å². The lowest BCUT2D eigenvalue weighted by Crippen LogP contribution is -2.54. The van der Waals surface area contributed by atoms with E-state index < -0.39 is 11.8 Å². The molecule has 0 atom stereocenters. The lowest BCUT2D eigenvalue weighted by atomic mass is 10.1. The van der Waals surface area contributed by atoms with Gasteiger partial charge in [-0.15, -0.1) is 0 Å². The second-order valence-electron chi connectivity index (χ2n) is 8.13. The Morgan fingerprint density at radius 1 is 1.00 bits per heavy atom. The van der Waals surface area contributed by atoms with Crippen molar-refractivity contribution in [2.75, 3.05) is 12.0 Å². The molecule has 4 aromatic rings. The molecule has 180 valence electrons. The Morgan fingerprint density at radius 2 is 1.75 bits per heavy atom. The van der Waals surface area contributed by atoms with E-state index in [2.05, 4.69) is 5.32 Å². The number of ether oxygens (including phenoxy) is 1. The fourth-order valence-corrected chi connectivity index (χ4v) is 4.74. The van der Waals surface area contributed by atoms with E-state index in [4.69, 9.17) is 40.2 Å². The second kappa shape index (κ2) is 9.78. The zero-order valence-corrected chi connectivity index (χ0v) is 21.3. The van der Waals surface area contributed by atoms with E-state index in [0.29, 0.717) is 28.0 Å². The van der Waals surface area contributed by atoms with E-state index in [1.165, 1.54) is 4.90 Å². The highest BCUT2D eigenvalue weighted by molar-refractivity contribution is 7.80. The average molecular weight is 536 g/mol. The molecule has 3 aromatic carbocycles. The maximum Gasteiger partial charge on any atom is 0.270 e. The highest BCUT2D eigenvalue weighted by Gasteiger charge is 2.34. The van der Waals surface area contributed by atoms with Gasteiger partial charge in [-0.05, 0) is 66.3 Å². The highest BCUT2D eigenvalue weighted by Crippen LogP contribution is 2.29. The topological polar surface area (TPSA) is 63.6 Å². The predicted octanol–water partition coefficient (Wildman–Crippen LogP) is 5.84. The average Bonchev–Trinajstić information content (AvgIpc) is 3.21. The number of thiocarbonyl (C=S) groups is 1. The minimum atomic E-state index is -0.545. The third kappa shape index (κ3) is 4.48. The van der Waals surface area contributed by atoms with Gasteiger partial charge in [-0.2, -0.15) is 0 Å². The van der Waals surface area contributed by atoms with Crippen LogP contribution >= 0.6 is 35.4 Å². The molecule has 0 saturated carbocycles. The van der Waals surface area contributed by atoms with Crippen LogP contribution < -0.4 is 15.0 Å². The van der Waals surface area contributed by atoms with Crippen LogP contribution in [0.1, 0.15) is 11.1 Å². The third-order valence-electron chi connectivity index (χ3n) is 5.89. The largest absolute Gasteiger partial charge is 0.497 e. The predicted molar refractivity (Wildman–Crippen MR) is 147 cm³/mol. The smallest absolute Gasteiger partial charge is 0.270 e. The number of hydrogen-bond acceptors (Lipinski definition) is 4. The van der Waals surface area contributed by atoms with Crippen LogP contribution in [-0.2, 0) is 16.1 Å². The first-order valence-corrected chi connectivity index (χ1v) is 12.1. The van der Waals surface area contributed by atoms with Gasteiger partial charge in [-0.25, -0.2) is 0 Å². The molecule has 1 saturated heterocycles. The van der Waals surface area contributed by atoms with E-state index in [-0.39, 0.29) is 10.7 Å². The molecule has 1 aromatic heterocycles. The molecule has 1 fully saturated rings. The van der Waals surface area contributed by atoms with Crippen molar-refractivity contribution in [3.8, 4) is 5.75 Å². The van der Waals surface area contributed by atoms with Crippen LogP contribution in [0.5, 0.6) is 5.75 Å². The molecule has 0 unspecified atom stereocenters. The third-order valence-corrected chi connectivity index (χ3v) is 6.91. The number of anilines is 1. The zero-order chi connectivity index (χ0) is 25.4. The lowest BCUT2D eigenvalue weighted by molar-refractivity contribution is -0.122. The minimum Gasteiger partial charge on any atom is -0.497 e. The molecule has 0 radical (unpaired) electrons. The summed E-state index contributed by atoms with van der Waals surface area (Å²) >= 11 is 17.6. The number of hydrogen-bond donors (Lipinski definition) is 1. The summed E-state index contributed by atoms with van der Waals surface area (Å²) in [5.74, 6) is -0.407. The van der Waals surface area contributed by atoms with Crippen LogP contribution in [0.2, 0.25) is 10.0 Å². The number of rotatable bonds is 5. The van der Waals surface area contributed by atoms with Gasteiger partial charge in [0.15, 0.2) is 5.11 Å². The Morgan fingerprint density at radius 3 is 2.47 bits per heavy atom. The van der Waals surface area contributed by atoms with E-state index in [1.54, 1.807) is 43.5 Å². The Labute approximate surface area is 222 Å². The molecule has 2 heterocycles. The number of fused-ring (bicyclic) bond motifs is 1. The first kappa shape index (κ1) is 24.1. The number of carbonyl (C=O) groups excluding carboxylic acids is 2. The Hall–Kier alpha value is -3.65. The fourth-order valence-electron chi connectivity index (χ4n) is 4.13. The number of nitrogens with one attached hydrogen (secondary N) is 1. The molecular weight excluding hydrogens is 517 g/mol. The van der Waals surface area contributed by atoms with Gasteiger partial charge in [0.05, 0.1) is 22.8 Å². The van der Waals surface area contributed by atoms with Crippen molar-refractivity contribution < 1.29 is 14.3 Å². The van der Waals surface area contributed by atoms with Crippen LogP contribution in [0, 0.1) is 0 Å². The summed E-state index contributed by atoms with van der Waals surface area (Å²) < 4.78 is 7.23. The molecular formula is C27H19Cl2N3O3S. The second-order valence-corrected chi connectivity index (χ2v) is 9.33. The van der Waals surface area contributed by atoms with Crippen LogP contribution in [-0.4, -0.2) is 28.6 Å². The number of carbonyl (C=O) groups is 2. The SMILES string of the molecule is COc1ccc(N2C(=O)/C(=C/c3cn(Cc4ccc(Cl)c(Cl)c4)c4ccccc34)C(=O)NC2=S)cc1. The van der Waals surface area contributed by atoms with Crippen LogP contribution in [0.3, 0.4) is 0 Å². The summed E-state index contributed by atoms with van der Waals surface area (Å²) in [4.78, 5) is 27.6. The Balaban J connectivity index is 1.54. The van der Waals surface area contributed by atoms with E-state index in [1.807, 2.05) is 47.2 Å². The van der Waals surface area contributed by atoms with Crippen molar-refractivity contribution in [3.63, 3.8) is 0 Å². The summed E-state index contributed by atoms with van der Waals surface area (Å²) in [7, 11) is 1.56. The quantitative estimate of drug-likeness (QED) is 0.198. The van der Waals surface area contributed by atoms with Gasteiger partial charge in [-0.1, -0.05) is 47.5 Å². The van der Waals surface area contributed by atoms with Gasteiger partial charge in [0, 0.05) is 29.2 Å². The maximum absolute atomic E-state index is 13.5. The molecule has 2 amide bonds. The van der Waals surface area contributed by atoms with Gasteiger partial charge in [0.1, 0.15) is 11.3 Å². The number of methoxy groups -OCH3 is 1. The summed E-state index contributed by atoms with van der Waals surface area (Å²) in [6.07, 6.45) is 3.51. The van der Waals surface area contributed by atoms with Crippen molar-refractivity contribution in [3.05, 3.63) is 99.7 Å². The first-order valence-electron chi connectivity index (χ1n) is 10.9. The van der Waals surface area contributed by atoms with Gasteiger partial charge in [-0.3, -0.25) is 19.8 Å². The van der Waals surface area contributed by atoms with E-state index in [9.17, 15) is 9.59 Å². The molecule has 6 nitrogen and oxygen atoms in total. The number of amides is 2. The van der Waals surface area contributed by atoms with Gasteiger partial charge >= 0.3 is 0 Å². The monoisotopic (exact) mass is 535 g/mol. The number of aromatic nitrogens is 1. The molecule has 0 spiro atoms. The van der Waals surface area contributed by atoms with Crippen LogP contribution in [0.25, 0.3) is 17.0 Å². The van der Waals surface area contributed by atoms with Gasteiger partial charge in [0.2, 0.25) is 0 Å². The Bertz CT molecular complexity index is 1560. The summed E-state index contributed by atoms with van der Waals surface area (Å²) in [5.41, 5.74) is 3.15. The minimum absolute atomic E-state index is 0.0168. The molecule has 1 N–H and O–H groups in total. The summed E-state index contributed by atoms with van der Waals surface area (Å²) in [6, 6.07) is 20.1. The number of nitrogens with zero attached hydrogens (tertiary/aromatic N) is 2. The molecule has 36 heavy (non-hydrogen) atoms. The van der Waals surface area contributed by atoms with Crippen molar-refractivity contribution in [2.24, 2.45) is 0 Å². The van der Waals surface area contributed by atoms with E-state index in [0.717, 1.165) is 22.0 Å². The van der Waals surface area contributed by atoms with Crippen LogP contribution in [0.4, 0.5) is 5.69 Å². The van der Waals surface area contributed by atoms with Gasteiger partial charge < -0.3 is 9.30 Å². The van der Waals surface area contributed by atoms with Crippen molar-refractivity contribution >= 4 is 75.0 Å². The van der Waals surface area contributed by atoms with Crippen molar-refractivity contribution in [1.82, 2.24) is 9.88 Å². The molecule has 9 heteroatoms. The molecule has 0 bridgehead atoms. The first-order chi connectivity index (χ1) is 17.4. The molecule has 5 rings (SSSR count). The molecule has 1 aliphatic rings. The van der Waals surface area contributed by atoms with Crippen LogP contribution in [0.15, 0.2) is 78.5 Å². The number of halogens is 2. The molecule has 0 aliphatic carbocycles. The fraction of sp³-hybridized carbons (Fsp3) is 0.0741. The lowest BCUT2D eigenvalue weighted by Gasteiger charge is -2.29. The number of para-hydroxylation sites is 1. The standard InChI is InChI=1S/C27H19Cl2N3O3S/c1-35-19-9-7-18(8-10-19)32-26(34)21(25(33)30-27(32)36)13-17-15-31(24-5-3-2-4-20(17)24)14-16-6-11-22(28)23(29)12-16/h2-13,15H,14H2,1H3,(H,30,33,36)/b21-13+. The Kier molecular flexibility index (Phi) is 6.53. The highest BCUT2D eigenvalue weighted by atomic mass is 35.5. The van der Waals surface area contributed by atoms with E-state index >= 15 is 0 Å². The maximum atomic E-state index is 13.5. The summed E-state index contributed by atoms with van der Waals surface area (Å²) in [5, 5.41) is 4.52. The normalized spacial score (nSPS) is 15.0. The van der Waals surface area contributed by atoms with Crippen molar-refractivity contribution in [2.45, 2.75) is 6.54 Å². The molecule has 1 aliphatic heterocycles. The summed E-state index contributed by atoms with van der Waals surface area (Å²) in [6.45, 7) is 0.531.